The molecule has 0 saturated heterocycles. The molecule has 1 heterocycles. The van der Waals surface area contributed by atoms with Crippen LogP contribution in [-0.2, 0) is 16.0 Å². The van der Waals surface area contributed by atoms with Crippen molar-refractivity contribution in [3.63, 3.8) is 0 Å². The maximum absolute atomic E-state index is 12.2. The predicted octanol–water partition coefficient (Wildman–Crippen LogP) is 1.36. The lowest BCUT2D eigenvalue weighted by Gasteiger charge is -2.27. The Balaban J connectivity index is 2.49. The van der Waals surface area contributed by atoms with Crippen LogP contribution in [0.4, 0.5) is 0 Å². The lowest BCUT2D eigenvalue weighted by atomic mass is 10.1. The van der Waals surface area contributed by atoms with E-state index in [2.05, 4.69) is 24.9 Å². The fourth-order valence-corrected chi connectivity index (χ4v) is 2.06. The standard InChI is InChI=1S/C16H27N3O2/c1-13-6-7-17-15(10-13)11-14(2)19(4)16(20)12-18(3)8-9-21-5/h6-7,10,14H,8-9,11-12H2,1-5H3/t14-/m0/s1. The zero-order chi connectivity index (χ0) is 15.8. The fraction of sp³-hybridized carbons (Fsp3) is 0.625. The number of likely N-dealkylation sites (N-methyl/N-ethyl adjacent to an activating group) is 2. The monoisotopic (exact) mass is 293 g/mol. The Hall–Kier alpha value is -1.46. The van der Waals surface area contributed by atoms with Crippen LogP contribution < -0.4 is 0 Å². The number of carbonyl (C=O) groups is 1. The first-order valence-corrected chi connectivity index (χ1v) is 7.28. The SMILES string of the molecule is COCCN(C)CC(=O)N(C)[C@@H](C)Cc1cc(C)ccn1. The average Bonchev–Trinajstić information content (AvgIpc) is 2.44. The molecule has 0 bridgehead atoms. The molecule has 0 saturated carbocycles. The predicted molar refractivity (Wildman–Crippen MR) is 84.3 cm³/mol. The van der Waals surface area contributed by atoms with Crippen LogP contribution in [-0.4, -0.2) is 67.6 Å². The number of carbonyl (C=O) groups excluding carboxylic acids is 1. The van der Waals surface area contributed by atoms with E-state index in [1.54, 1.807) is 12.0 Å². The molecule has 0 unspecified atom stereocenters. The number of rotatable bonds is 8. The van der Waals surface area contributed by atoms with Crippen LogP contribution in [0.25, 0.3) is 0 Å². The van der Waals surface area contributed by atoms with E-state index < -0.39 is 0 Å². The zero-order valence-corrected chi connectivity index (χ0v) is 13.8. The van der Waals surface area contributed by atoms with Gasteiger partial charge in [0.2, 0.25) is 5.91 Å². The minimum atomic E-state index is 0.119. The summed E-state index contributed by atoms with van der Waals surface area (Å²) in [5, 5.41) is 0. The Morgan fingerprint density at radius 1 is 1.43 bits per heavy atom. The van der Waals surface area contributed by atoms with Crippen molar-refractivity contribution in [1.29, 1.82) is 0 Å². The molecular weight excluding hydrogens is 266 g/mol. The van der Waals surface area contributed by atoms with E-state index in [1.807, 2.05) is 31.3 Å². The fourth-order valence-electron chi connectivity index (χ4n) is 2.06. The summed E-state index contributed by atoms with van der Waals surface area (Å²) in [5.41, 5.74) is 2.22. The van der Waals surface area contributed by atoms with Crippen molar-refractivity contribution < 1.29 is 9.53 Å². The van der Waals surface area contributed by atoms with Gasteiger partial charge < -0.3 is 9.64 Å². The van der Waals surface area contributed by atoms with Crippen molar-refractivity contribution in [3.8, 4) is 0 Å². The Kier molecular flexibility index (Phi) is 7.32. The summed E-state index contributed by atoms with van der Waals surface area (Å²) in [5.74, 6) is 0.119. The number of amides is 1. The first-order valence-electron chi connectivity index (χ1n) is 7.28. The van der Waals surface area contributed by atoms with Crippen LogP contribution in [0.2, 0.25) is 0 Å². The highest BCUT2D eigenvalue weighted by Gasteiger charge is 2.18. The molecule has 1 atom stereocenters. The summed E-state index contributed by atoms with van der Waals surface area (Å²) in [4.78, 5) is 20.4. The molecule has 0 fully saturated rings. The third kappa shape index (κ3) is 6.23. The Bertz CT molecular complexity index is 451. The van der Waals surface area contributed by atoms with Gasteiger partial charge in [0.15, 0.2) is 0 Å². The van der Waals surface area contributed by atoms with Gasteiger partial charge >= 0.3 is 0 Å². The third-order valence-corrected chi connectivity index (χ3v) is 3.61. The average molecular weight is 293 g/mol. The number of methoxy groups -OCH3 is 1. The van der Waals surface area contributed by atoms with Gasteiger partial charge in [-0.25, -0.2) is 0 Å². The molecule has 118 valence electrons. The van der Waals surface area contributed by atoms with Gasteiger partial charge in [-0.05, 0) is 38.6 Å². The van der Waals surface area contributed by atoms with Crippen molar-refractivity contribution in [3.05, 3.63) is 29.6 Å². The lowest BCUT2D eigenvalue weighted by Crippen LogP contribution is -2.42. The van der Waals surface area contributed by atoms with Gasteiger partial charge in [-0.2, -0.15) is 0 Å². The normalized spacial score (nSPS) is 12.5. The third-order valence-electron chi connectivity index (χ3n) is 3.61. The number of pyridine rings is 1. The van der Waals surface area contributed by atoms with Gasteiger partial charge in [0, 0.05) is 45.1 Å². The number of aromatic nitrogens is 1. The topological polar surface area (TPSA) is 45.7 Å². The summed E-state index contributed by atoms with van der Waals surface area (Å²) in [6, 6.07) is 4.18. The van der Waals surface area contributed by atoms with Crippen molar-refractivity contribution >= 4 is 5.91 Å². The van der Waals surface area contributed by atoms with E-state index in [4.69, 9.17) is 4.74 Å². The summed E-state index contributed by atoms with van der Waals surface area (Å²) in [6.07, 6.45) is 2.59. The lowest BCUT2D eigenvalue weighted by molar-refractivity contribution is -0.132. The van der Waals surface area contributed by atoms with Gasteiger partial charge in [-0.3, -0.25) is 14.7 Å². The van der Waals surface area contributed by atoms with Gasteiger partial charge in [0.1, 0.15) is 0 Å². The summed E-state index contributed by atoms with van der Waals surface area (Å²) in [7, 11) is 5.45. The Labute approximate surface area is 127 Å². The number of hydrogen-bond donors (Lipinski definition) is 0. The molecule has 1 aromatic heterocycles. The van der Waals surface area contributed by atoms with E-state index in [0.29, 0.717) is 13.2 Å². The second-order valence-electron chi connectivity index (χ2n) is 5.61. The largest absolute Gasteiger partial charge is 0.383 e. The first kappa shape index (κ1) is 17.6. The molecule has 21 heavy (non-hydrogen) atoms. The van der Waals surface area contributed by atoms with Gasteiger partial charge in [0.05, 0.1) is 13.2 Å². The van der Waals surface area contributed by atoms with Crippen LogP contribution in [0.1, 0.15) is 18.2 Å². The van der Waals surface area contributed by atoms with E-state index >= 15 is 0 Å². The maximum Gasteiger partial charge on any atom is 0.236 e. The van der Waals surface area contributed by atoms with E-state index in [1.165, 1.54) is 5.56 Å². The smallest absolute Gasteiger partial charge is 0.236 e. The van der Waals surface area contributed by atoms with Gasteiger partial charge in [-0.15, -0.1) is 0 Å². The van der Waals surface area contributed by atoms with Crippen LogP contribution in [0.15, 0.2) is 18.3 Å². The van der Waals surface area contributed by atoms with Crippen molar-refractivity contribution in [2.24, 2.45) is 0 Å². The molecule has 1 amide bonds. The molecule has 0 N–H and O–H groups in total. The van der Waals surface area contributed by atoms with Crippen LogP contribution in [0.5, 0.6) is 0 Å². The molecule has 0 aliphatic rings. The quantitative estimate of drug-likeness (QED) is 0.726. The zero-order valence-electron chi connectivity index (χ0n) is 13.8. The number of ether oxygens (including phenoxy) is 1. The minimum absolute atomic E-state index is 0.119. The van der Waals surface area contributed by atoms with Crippen LogP contribution in [0, 0.1) is 6.92 Å². The number of nitrogens with zero attached hydrogens (tertiary/aromatic N) is 3. The summed E-state index contributed by atoms with van der Waals surface area (Å²) < 4.78 is 5.02. The Morgan fingerprint density at radius 2 is 2.14 bits per heavy atom. The molecular formula is C16H27N3O2. The molecule has 0 spiro atoms. The Morgan fingerprint density at radius 3 is 2.76 bits per heavy atom. The van der Waals surface area contributed by atoms with Gasteiger partial charge in [-0.1, -0.05) is 0 Å². The first-order chi connectivity index (χ1) is 9.93. The van der Waals surface area contributed by atoms with Crippen molar-refractivity contribution in [2.45, 2.75) is 26.3 Å². The van der Waals surface area contributed by atoms with Crippen LogP contribution in [0.3, 0.4) is 0 Å². The summed E-state index contributed by atoms with van der Waals surface area (Å²) in [6.45, 7) is 5.90. The van der Waals surface area contributed by atoms with Crippen molar-refractivity contribution in [1.82, 2.24) is 14.8 Å². The second kappa shape index (κ2) is 8.74. The maximum atomic E-state index is 12.2. The number of hydrogen-bond acceptors (Lipinski definition) is 4. The highest BCUT2D eigenvalue weighted by Crippen LogP contribution is 2.07. The molecule has 5 nitrogen and oxygen atoms in total. The van der Waals surface area contributed by atoms with Crippen molar-refractivity contribution in [2.75, 3.05) is 40.9 Å². The van der Waals surface area contributed by atoms with Gasteiger partial charge in [0.25, 0.3) is 0 Å². The van der Waals surface area contributed by atoms with Crippen LogP contribution >= 0.6 is 0 Å². The summed E-state index contributed by atoms with van der Waals surface area (Å²) >= 11 is 0. The second-order valence-corrected chi connectivity index (χ2v) is 5.61. The molecule has 0 radical (unpaired) electrons. The van der Waals surface area contributed by atoms with E-state index in [9.17, 15) is 4.79 Å². The minimum Gasteiger partial charge on any atom is -0.383 e. The molecule has 1 aromatic rings. The molecule has 1 rings (SSSR count). The molecule has 0 aromatic carbocycles. The number of aryl methyl sites for hydroxylation is 1. The van der Waals surface area contributed by atoms with E-state index in [0.717, 1.165) is 18.7 Å². The van der Waals surface area contributed by atoms with E-state index in [-0.39, 0.29) is 11.9 Å². The molecule has 0 aliphatic carbocycles. The molecule has 0 aliphatic heterocycles. The molecule has 5 heteroatoms. The highest BCUT2D eigenvalue weighted by molar-refractivity contribution is 5.78. The highest BCUT2D eigenvalue weighted by atomic mass is 16.5.